The molecule has 0 atom stereocenters. The van der Waals surface area contributed by atoms with E-state index < -0.39 is 0 Å². The SMILES string of the molecule is CCCCCCCCCCCCCCCC[N+](C)(C)CCOCCC#N. The second-order valence-electron chi connectivity index (χ2n) is 8.50. The van der Waals surface area contributed by atoms with Gasteiger partial charge in [0.1, 0.15) is 6.54 Å². The molecule has 0 spiro atoms. The largest absolute Gasteiger partial charge is 0.375 e. The predicted molar refractivity (Wildman–Crippen MR) is 113 cm³/mol. The molecule has 0 bridgehead atoms. The molecule has 0 rings (SSSR count). The highest BCUT2D eigenvalue weighted by molar-refractivity contribution is 4.66. The van der Waals surface area contributed by atoms with Crippen LogP contribution in [0.5, 0.6) is 0 Å². The molecule has 0 aliphatic rings. The van der Waals surface area contributed by atoms with E-state index in [1.165, 1.54) is 96.4 Å². The molecule has 0 heterocycles. The number of ether oxygens (including phenoxy) is 1. The van der Waals surface area contributed by atoms with E-state index in [9.17, 15) is 0 Å². The molecule has 0 amide bonds. The number of hydrogen-bond acceptors (Lipinski definition) is 2. The molecule has 3 nitrogen and oxygen atoms in total. The van der Waals surface area contributed by atoms with Crippen LogP contribution in [0.25, 0.3) is 0 Å². The van der Waals surface area contributed by atoms with Crippen LogP contribution in [0.1, 0.15) is 103 Å². The highest BCUT2D eigenvalue weighted by Crippen LogP contribution is 2.13. The van der Waals surface area contributed by atoms with Crippen molar-refractivity contribution in [3.8, 4) is 6.07 Å². The second kappa shape index (κ2) is 19.2. The fourth-order valence-electron chi connectivity index (χ4n) is 3.38. The number of unbranched alkanes of at least 4 members (excludes halogenated alkanes) is 13. The van der Waals surface area contributed by atoms with Crippen molar-refractivity contribution in [2.24, 2.45) is 0 Å². The van der Waals surface area contributed by atoms with Gasteiger partial charge >= 0.3 is 0 Å². The zero-order valence-corrected chi connectivity index (χ0v) is 18.2. The number of nitrogens with zero attached hydrogens (tertiary/aromatic N) is 2. The van der Waals surface area contributed by atoms with Gasteiger partial charge in [0.05, 0.1) is 46.3 Å². The van der Waals surface area contributed by atoms with Gasteiger partial charge in [-0.05, 0) is 12.8 Å². The maximum Gasteiger partial charge on any atom is 0.102 e. The summed E-state index contributed by atoms with van der Waals surface area (Å²) >= 11 is 0. The third kappa shape index (κ3) is 19.7. The Bertz CT molecular complexity index is 323. The van der Waals surface area contributed by atoms with E-state index >= 15 is 0 Å². The molecule has 0 radical (unpaired) electrons. The van der Waals surface area contributed by atoms with E-state index in [4.69, 9.17) is 10.00 Å². The third-order valence-corrected chi connectivity index (χ3v) is 5.32. The second-order valence-corrected chi connectivity index (χ2v) is 8.50. The molecule has 0 aromatic rings. The van der Waals surface area contributed by atoms with Crippen LogP contribution in [0.15, 0.2) is 0 Å². The van der Waals surface area contributed by atoms with E-state index in [2.05, 4.69) is 27.1 Å². The molecule has 0 saturated carbocycles. The third-order valence-electron chi connectivity index (χ3n) is 5.32. The van der Waals surface area contributed by atoms with E-state index in [0.29, 0.717) is 13.0 Å². The Hall–Kier alpha value is -0.590. The van der Waals surface area contributed by atoms with E-state index in [1.807, 2.05) is 0 Å². The molecule has 0 aromatic heterocycles. The first-order chi connectivity index (χ1) is 12.6. The van der Waals surface area contributed by atoms with Crippen LogP contribution in [0.2, 0.25) is 0 Å². The summed E-state index contributed by atoms with van der Waals surface area (Å²) in [6.45, 7) is 5.92. The van der Waals surface area contributed by atoms with Crippen LogP contribution in [0, 0.1) is 11.3 Å². The first kappa shape index (κ1) is 25.4. The lowest BCUT2D eigenvalue weighted by Gasteiger charge is -2.29. The summed E-state index contributed by atoms with van der Waals surface area (Å²) in [5.74, 6) is 0. The molecule has 3 heteroatoms. The fourth-order valence-corrected chi connectivity index (χ4v) is 3.38. The number of hydrogen-bond donors (Lipinski definition) is 0. The van der Waals surface area contributed by atoms with Gasteiger partial charge in [-0.2, -0.15) is 5.26 Å². The molecule has 0 aromatic carbocycles. The summed E-state index contributed by atoms with van der Waals surface area (Å²) in [5.41, 5.74) is 0. The van der Waals surface area contributed by atoms with Gasteiger partial charge < -0.3 is 9.22 Å². The number of likely N-dealkylation sites (N-methyl/N-ethyl adjacent to an activating group) is 1. The monoisotopic (exact) mass is 367 g/mol. The molecule has 0 aliphatic heterocycles. The molecule has 0 unspecified atom stereocenters. The van der Waals surface area contributed by atoms with Crippen molar-refractivity contribution in [3.05, 3.63) is 0 Å². The molecule has 26 heavy (non-hydrogen) atoms. The number of nitriles is 1. The smallest absolute Gasteiger partial charge is 0.102 e. The molecule has 154 valence electrons. The van der Waals surface area contributed by atoms with Gasteiger partial charge in [0.15, 0.2) is 0 Å². The fraction of sp³-hybridized carbons (Fsp3) is 0.957. The van der Waals surface area contributed by atoms with Gasteiger partial charge in [-0.15, -0.1) is 0 Å². The lowest BCUT2D eigenvalue weighted by atomic mass is 10.0. The minimum atomic E-state index is 0.506. The van der Waals surface area contributed by atoms with Gasteiger partial charge in [0.2, 0.25) is 0 Å². The van der Waals surface area contributed by atoms with Crippen molar-refractivity contribution >= 4 is 0 Å². The zero-order valence-electron chi connectivity index (χ0n) is 18.2. The highest BCUT2D eigenvalue weighted by Gasteiger charge is 2.13. The van der Waals surface area contributed by atoms with Crippen LogP contribution in [-0.4, -0.2) is 44.9 Å². The molecule has 0 N–H and O–H groups in total. The summed E-state index contributed by atoms with van der Waals surface area (Å²) < 4.78 is 6.53. The summed E-state index contributed by atoms with van der Waals surface area (Å²) in [6, 6.07) is 2.12. The average molecular weight is 368 g/mol. The van der Waals surface area contributed by atoms with E-state index in [1.54, 1.807) is 0 Å². The zero-order chi connectivity index (χ0) is 19.3. The van der Waals surface area contributed by atoms with Gasteiger partial charge in [0, 0.05) is 0 Å². The van der Waals surface area contributed by atoms with Crippen LogP contribution in [-0.2, 0) is 4.74 Å². The standard InChI is InChI=1S/C23H47N2O/c1-4-5-6-7-8-9-10-11-12-13-14-15-16-17-20-25(2,3)21-23-26-22-18-19-24/h4-18,20-23H2,1-3H3/q+1. The van der Waals surface area contributed by atoms with Crippen LogP contribution >= 0.6 is 0 Å². The van der Waals surface area contributed by atoms with Gasteiger partial charge in [-0.3, -0.25) is 0 Å². The molecule has 0 fully saturated rings. The Morgan fingerprint density at radius 1 is 0.654 bits per heavy atom. The van der Waals surface area contributed by atoms with Crippen molar-refractivity contribution in [2.75, 3.05) is 40.4 Å². The van der Waals surface area contributed by atoms with Gasteiger partial charge in [0.25, 0.3) is 0 Å². The van der Waals surface area contributed by atoms with Crippen LogP contribution < -0.4 is 0 Å². The Labute approximate surface area is 164 Å². The minimum absolute atomic E-state index is 0.506. The Kier molecular flexibility index (Phi) is 18.7. The quantitative estimate of drug-likeness (QED) is 0.182. The normalized spacial score (nSPS) is 11.6. The van der Waals surface area contributed by atoms with Crippen LogP contribution in [0.4, 0.5) is 0 Å². The van der Waals surface area contributed by atoms with Crippen molar-refractivity contribution in [1.29, 1.82) is 5.26 Å². The summed E-state index contributed by atoms with van der Waals surface area (Å²) in [6.07, 6.45) is 20.4. The van der Waals surface area contributed by atoms with Crippen molar-refractivity contribution in [3.63, 3.8) is 0 Å². The number of rotatable bonds is 20. The molecular weight excluding hydrogens is 320 g/mol. The average Bonchev–Trinajstić information content (AvgIpc) is 2.61. The lowest BCUT2D eigenvalue weighted by molar-refractivity contribution is -0.891. The van der Waals surface area contributed by atoms with Gasteiger partial charge in [-0.25, -0.2) is 0 Å². The summed E-state index contributed by atoms with van der Waals surface area (Å²) in [5, 5.41) is 8.49. The molecule has 0 aliphatic carbocycles. The van der Waals surface area contributed by atoms with Gasteiger partial charge in [-0.1, -0.05) is 84.0 Å². The Balaban J connectivity index is 3.25. The highest BCUT2D eigenvalue weighted by atomic mass is 16.5. The van der Waals surface area contributed by atoms with Crippen molar-refractivity contribution in [1.82, 2.24) is 0 Å². The first-order valence-electron chi connectivity index (χ1n) is 11.4. The number of quaternary nitrogens is 1. The molecular formula is C23H47N2O+. The first-order valence-corrected chi connectivity index (χ1v) is 11.4. The summed E-state index contributed by atoms with van der Waals surface area (Å²) in [7, 11) is 4.58. The Morgan fingerprint density at radius 2 is 1.12 bits per heavy atom. The Morgan fingerprint density at radius 3 is 1.58 bits per heavy atom. The molecule has 0 saturated heterocycles. The van der Waals surface area contributed by atoms with E-state index in [-0.39, 0.29) is 0 Å². The van der Waals surface area contributed by atoms with Crippen LogP contribution in [0.3, 0.4) is 0 Å². The van der Waals surface area contributed by atoms with Crippen molar-refractivity contribution in [2.45, 2.75) is 103 Å². The maximum atomic E-state index is 8.49. The van der Waals surface area contributed by atoms with Crippen molar-refractivity contribution < 1.29 is 9.22 Å². The lowest BCUT2D eigenvalue weighted by Crippen LogP contribution is -2.43. The van der Waals surface area contributed by atoms with E-state index in [0.717, 1.165) is 17.6 Å². The predicted octanol–water partition coefficient (Wildman–Crippen LogP) is 6.47. The topological polar surface area (TPSA) is 33.0 Å². The summed E-state index contributed by atoms with van der Waals surface area (Å²) in [4.78, 5) is 0. The maximum absolute atomic E-state index is 8.49. The minimum Gasteiger partial charge on any atom is -0.375 e.